The molecule has 0 aliphatic rings. The zero-order valence-electron chi connectivity index (χ0n) is 10.9. The topological polar surface area (TPSA) is 64.6 Å². The molecule has 1 N–H and O–H groups in total. The first-order chi connectivity index (χ1) is 8.97. The van der Waals surface area contributed by atoms with Crippen molar-refractivity contribution in [1.82, 2.24) is 4.72 Å². The van der Waals surface area contributed by atoms with Gasteiger partial charge in [-0.05, 0) is 40.9 Å². The number of ether oxygens (including phenoxy) is 2. The van der Waals surface area contributed by atoms with Gasteiger partial charge in [-0.1, -0.05) is 0 Å². The third-order valence-electron chi connectivity index (χ3n) is 2.29. The highest BCUT2D eigenvalue weighted by atomic mass is 79.9. The zero-order valence-corrected chi connectivity index (χ0v) is 14.2. The van der Waals surface area contributed by atoms with Gasteiger partial charge in [-0.15, -0.1) is 11.3 Å². The molecule has 5 nitrogen and oxygen atoms in total. The van der Waals surface area contributed by atoms with Crippen molar-refractivity contribution in [3.05, 3.63) is 15.4 Å². The van der Waals surface area contributed by atoms with Gasteiger partial charge < -0.3 is 9.47 Å². The summed E-state index contributed by atoms with van der Waals surface area (Å²) < 4.78 is 37.7. The molecule has 19 heavy (non-hydrogen) atoms. The van der Waals surface area contributed by atoms with E-state index in [1.54, 1.807) is 13.2 Å². The fourth-order valence-corrected chi connectivity index (χ4v) is 4.60. The van der Waals surface area contributed by atoms with Gasteiger partial charge in [-0.25, -0.2) is 13.1 Å². The predicted molar refractivity (Wildman–Crippen MR) is 79.3 cm³/mol. The molecule has 0 aliphatic carbocycles. The van der Waals surface area contributed by atoms with Crippen LogP contribution in [0.1, 0.15) is 12.0 Å². The number of rotatable bonds is 9. The fourth-order valence-electron chi connectivity index (χ4n) is 1.26. The van der Waals surface area contributed by atoms with Crippen molar-refractivity contribution in [2.24, 2.45) is 0 Å². The molecule has 0 aliphatic heterocycles. The lowest BCUT2D eigenvalue weighted by Crippen LogP contribution is -2.25. The summed E-state index contributed by atoms with van der Waals surface area (Å²) in [6.45, 7) is 3.82. The van der Waals surface area contributed by atoms with Crippen LogP contribution in [-0.2, 0) is 19.5 Å². The lowest BCUT2D eigenvalue weighted by molar-refractivity contribution is 0.0699. The Morgan fingerprint density at radius 1 is 1.37 bits per heavy atom. The molecule has 8 heteroatoms. The molecule has 0 saturated carbocycles. The summed E-state index contributed by atoms with van der Waals surface area (Å²) in [5.41, 5.74) is 0.924. The first-order valence-electron chi connectivity index (χ1n) is 5.79. The molecule has 1 aromatic heterocycles. The van der Waals surface area contributed by atoms with Crippen LogP contribution >= 0.6 is 27.3 Å². The Morgan fingerprint density at radius 3 is 2.68 bits per heavy atom. The molecule has 1 aromatic rings. The molecule has 110 valence electrons. The molecule has 0 spiro atoms. The van der Waals surface area contributed by atoms with Gasteiger partial charge in [-0.3, -0.25) is 0 Å². The quantitative estimate of drug-likeness (QED) is 0.675. The number of aryl methyl sites for hydroxylation is 1. The summed E-state index contributed by atoms with van der Waals surface area (Å²) in [4.78, 5) is 0. The van der Waals surface area contributed by atoms with Gasteiger partial charge in [0.05, 0.1) is 17.0 Å². The zero-order chi connectivity index (χ0) is 14.3. The van der Waals surface area contributed by atoms with Crippen molar-refractivity contribution in [3.8, 4) is 0 Å². The molecule has 0 fully saturated rings. The Labute approximate surface area is 126 Å². The SMILES string of the molecule is COCCOCCCNS(=O)(=O)c1cc(C)c(Br)s1. The molecular weight excluding hydrogens is 354 g/mol. The third-order valence-corrected chi connectivity index (χ3v) is 6.36. The van der Waals surface area contributed by atoms with E-state index in [2.05, 4.69) is 20.7 Å². The largest absolute Gasteiger partial charge is 0.382 e. The Kier molecular flexibility index (Phi) is 7.48. The van der Waals surface area contributed by atoms with E-state index in [1.807, 2.05) is 6.92 Å². The van der Waals surface area contributed by atoms with Crippen LogP contribution in [0.4, 0.5) is 0 Å². The van der Waals surface area contributed by atoms with Crippen molar-refractivity contribution in [2.45, 2.75) is 17.6 Å². The minimum absolute atomic E-state index is 0.331. The van der Waals surface area contributed by atoms with E-state index in [9.17, 15) is 8.42 Å². The minimum Gasteiger partial charge on any atom is -0.382 e. The van der Waals surface area contributed by atoms with Gasteiger partial charge in [0.1, 0.15) is 4.21 Å². The number of thiophene rings is 1. The minimum atomic E-state index is -3.40. The average Bonchev–Trinajstić information content (AvgIpc) is 2.69. The van der Waals surface area contributed by atoms with E-state index in [0.29, 0.717) is 37.0 Å². The molecule has 0 unspecified atom stereocenters. The van der Waals surface area contributed by atoms with Crippen LogP contribution < -0.4 is 4.72 Å². The molecule has 0 radical (unpaired) electrons. The van der Waals surface area contributed by atoms with Crippen LogP contribution in [0.15, 0.2) is 14.1 Å². The first-order valence-corrected chi connectivity index (χ1v) is 8.89. The highest BCUT2D eigenvalue weighted by molar-refractivity contribution is 9.11. The van der Waals surface area contributed by atoms with Crippen LogP contribution in [0, 0.1) is 6.92 Å². The van der Waals surface area contributed by atoms with E-state index in [0.717, 1.165) is 9.35 Å². The smallest absolute Gasteiger partial charge is 0.250 e. The van der Waals surface area contributed by atoms with Crippen molar-refractivity contribution >= 4 is 37.3 Å². The summed E-state index contributed by atoms with van der Waals surface area (Å²) in [6.07, 6.45) is 0.633. The highest BCUT2D eigenvalue weighted by Crippen LogP contribution is 2.30. The highest BCUT2D eigenvalue weighted by Gasteiger charge is 2.17. The molecule has 0 saturated heterocycles. The van der Waals surface area contributed by atoms with E-state index in [4.69, 9.17) is 9.47 Å². The van der Waals surface area contributed by atoms with Crippen LogP contribution in [0.3, 0.4) is 0 Å². The standard InChI is InChI=1S/C11H18BrNO4S2/c1-9-8-10(18-11(9)12)19(14,15)13-4-3-5-17-7-6-16-2/h8,13H,3-7H2,1-2H3. The van der Waals surface area contributed by atoms with Crippen LogP contribution in [0.5, 0.6) is 0 Å². The average molecular weight is 372 g/mol. The number of halogens is 1. The number of sulfonamides is 1. The van der Waals surface area contributed by atoms with Gasteiger partial charge in [0, 0.05) is 20.3 Å². The van der Waals surface area contributed by atoms with Crippen molar-refractivity contribution in [3.63, 3.8) is 0 Å². The second kappa shape index (κ2) is 8.33. The molecule has 0 bridgehead atoms. The maximum absolute atomic E-state index is 12.0. The predicted octanol–water partition coefficient (Wildman–Crippen LogP) is 2.15. The molecular formula is C11H18BrNO4S2. The van der Waals surface area contributed by atoms with Gasteiger partial charge in [-0.2, -0.15) is 0 Å². The van der Waals surface area contributed by atoms with E-state index < -0.39 is 10.0 Å². The van der Waals surface area contributed by atoms with Gasteiger partial charge in [0.15, 0.2) is 0 Å². The molecule has 1 rings (SSSR count). The lowest BCUT2D eigenvalue weighted by Gasteiger charge is -2.05. The Hall–Kier alpha value is 0.01000. The summed E-state index contributed by atoms with van der Waals surface area (Å²) in [5, 5.41) is 0. The summed E-state index contributed by atoms with van der Waals surface area (Å²) in [7, 11) is -1.79. The van der Waals surface area contributed by atoms with Gasteiger partial charge in [0.2, 0.25) is 10.0 Å². The number of hydrogen-bond donors (Lipinski definition) is 1. The third kappa shape index (κ3) is 5.88. The first kappa shape index (κ1) is 17.1. The Bertz CT molecular complexity index is 467. The maximum atomic E-state index is 12.0. The normalized spacial score (nSPS) is 11.9. The number of hydrogen-bond acceptors (Lipinski definition) is 5. The van der Waals surface area contributed by atoms with Crippen LogP contribution in [0.2, 0.25) is 0 Å². The van der Waals surface area contributed by atoms with E-state index in [1.165, 1.54) is 11.3 Å². The van der Waals surface area contributed by atoms with Crippen LogP contribution in [0.25, 0.3) is 0 Å². The summed E-state index contributed by atoms with van der Waals surface area (Å²) in [6, 6.07) is 1.66. The Balaban J connectivity index is 2.32. The van der Waals surface area contributed by atoms with Gasteiger partial charge in [0.25, 0.3) is 0 Å². The van der Waals surface area contributed by atoms with Crippen LogP contribution in [-0.4, -0.2) is 41.9 Å². The lowest BCUT2D eigenvalue weighted by atomic mass is 10.4. The second-order valence-electron chi connectivity index (χ2n) is 3.88. The molecule has 0 aromatic carbocycles. The van der Waals surface area contributed by atoms with Crippen molar-refractivity contribution in [1.29, 1.82) is 0 Å². The van der Waals surface area contributed by atoms with Crippen molar-refractivity contribution < 1.29 is 17.9 Å². The summed E-state index contributed by atoms with van der Waals surface area (Å²) >= 11 is 4.53. The fraction of sp³-hybridized carbons (Fsp3) is 0.636. The molecule has 1 heterocycles. The number of nitrogens with one attached hydrogen (secondary N) is 1. The Morgan fingerprint density at radius 2 is 2.11 bits per heavy atom. The van der Waals surface area contributed by atoms with E-state index >= 15 is 0 Å². The maximum Gasteiger partial charge on any atom is 0.250 e. The summed E-state index contributed by atoms with van der Waals surface area (Å²) in [5.74, 6) is 0. The number of methoxy groups -OCH3 is 1. The van der Waals surface area contributed by atoms with Gasteiger partial charge >= 0.3 is 0 Å². The second-order valence-corrected chi connectivity index (χ2v) is 8.24. The van der Waals surface area contributed by atoms with Crippen molar-refractivity contribution in [2.75, 3.05) is 33.5 Å². The molecule has 0 amide bonds. The monoisotopic (exact) mass is 371 g/mol. The van der Waals surface area contributed by atoms with E-state index in [-0.39, 0.29) is 0 Å². The molecule has 0 atom stereocenters.